The zero-order valence-corrected chi connectivity index (χ0v) is 12.9. The molecule has 122 valence electrons. The van der Waals surface area contributed by atoms with Crippen LogP contribution in [0.1, 0.15) is 16.2 Å². The molecule has 7 heteroatoms. The van der Waals surface area contributed by atoms with Gasteiger partial charge in [-0.1, -0.05) is 12.1 Å². The van der Waals surface area contributed by atoms with Crippen molar-refractivity contribution >= 4 is 22.8 Å². The van der Waals surface area contributed by atoms with Crippen molar-refractivity contribution in [3.05, 3.63) is 70.3 Å². The number of carbonyl (C=O) groups is 2. The Bertz CT molecular complexity index is 971. The van der Waals surface area contributed by atoms with Crippen molar-refractivity contribution in [2.24, 2.45) is 7.05 Å². The van der Waals surface area contributed by atoms with E-state index in [1.807, 2.05) is 29.9 Å². The molecule has 1 aromatic carbocycles. The third kappa shape index (κ3) is 3.19. The number of para-hydroxylation sites is 1. The monoisotopic (exact) mass is 325 g/mol. The molecule has 24 heavy (non-hydrogen) atoms. The zero-order valence-electron chi connectivity index (χ0n) is 12.9. The first-order chi connectivity index (χ1) is 11.5. The molecule has 0 saturated carbocycles. The Kier molecular flexibility index (Phi) is 4.15. The summed E-state index contributed by atoms with van der Waals surface area (Å²) in [5.74, 6) is -1.25. The van der Waals surface area contributed by atoms with Crippen molar-refractivity contribution < 1.29 is 14.0 Å². The molecule has 2 aromatic heterocycles. The minimum atomic E-state index is -0.696. The molecule has 0 bridgehead atoms. The molecule has 0 aliphatic rings. The van der Waals surface area contributed by atoms with Crippen LogP contribution in [0.4, 0.5) is 0 Å². The second-order valence-corrected chi connectivity index (χ2v) is 5.26. The zero-order chi connectivity index (χ0) is 17.1. The highest BCUT2D eigenvalue weighted by atomic mass is 16.3. The lowest BCUT2D eigenvalue weighted by atomic mass is 10.2. The van der Waals surface area contributed by atoms with Crippen LogP contribution in [-0.4, -0.2) is 16.4 Å². The van der Waals surface area contributed by atoms with Gasteiger partial charge in [0, 0.05) is 25.0 Å². The van der Waals surface area contributed by atoms with Crippen LogP contribution in [0.2, 0.25) is 0 Å². The van der Waals surface area contributed by atoms with E-state index in [4.69, 9.17) is 4.42 Å². The summed E-state index contributed by atoms with van der Waals surface area (Å²) >= 11 is 0. The van der Waals surface area contributed by atoms with Crippen LogP contribution in [0, 0.1) is 0 Å². The minimum Gasteiger partial charge on any atom is -0.451 e. The maximum atomic E-state index is 12.1. The number of nitrogens with zero attached hydrogens (tertiary/aromatic N) is 1. The van der Waals surface area contributed by atoms with Gasteiger partial charge in [-0.3, -0.25) is 25.2 Å². The second-order valence-electron chi connectivity index (χ2n) is 5.26. The quantitative estimate of drug-likeness (QED) is 0.706. The third-order valence-electron chi connectivity index (χ3n) is 3.57. The molecule has 2 heterocycles. The summed E-state index contributed by atoms with van der Waals surface area (Å²) in [7, 11) is 1.82. The van der Waals surface area contributed by atoms with E-state index in [2.05, 4.69) is 10.9 Å². The number of rotatable bonds is 3. The van der Waals surface area contributed by atoms with Crippen LogP contribution in [0.5, 0.6) is 0 Å². The van der Waals surface area contributed by atoms with Crippen molar-refractivity contribution in [3.8, 4) is 0 Å². The summed E-state index contributed by atoms with van der Waals surface area (Å²) in [5.41, 5.74) is 5.34. The number of aromatic nitrogens is 1. The smallest absolute Gasteiger partial charge is 0.305 e. The summed E-state index contributed by atoms with van der Waals surface area (Å²) in [6.45, 7) is 0. The lowest BCUT2D eigenvalue weighted by Gasteiger charge is -2.08. The summed E-state index contributed by atoms with van der Waals surface area (Å²) in [6.07, 6.45) is 1.94. The molecular formula is C17H15N3O4. The highest BCUT2D eigenvalue weighted by Crippen LogP contribution is 2.11. The predicted molar refractivity (Wildman–Crippen MR) is 87.2 cm³/mol. The van der Waals surface area contributed by atoms with Gasteiger partial charge in [0.2, 0.25) is 5.91 Å². The fourth-order valence-corrected chi connectivity index (χ4v) is 2.29. The van der Waals surface area contributed by atoms with Crippen molar-refractivity contribution in [1.82, 2.24) is 15.4 Å². The molecule has 0 atom stereocenters. The Labute approximate surface area is 136 Å². The summed E-state index contributed by atoms with van der Waals surface area (Å²) < 4.78 is 7.20. The molecular weight excluding hydrogens is 310 g/mol. The Morgan fingerprint density at radius 1 is 1.12 bits per heavy atom. The topological polar surface area (TPSA) is 93.3 Å². The predicted octanol–water partition coefficient (Wildman–Crippen LogP) is 1.14. The normalized spacial score (nSPS) is 10.5. The molecule has 0 fully saturated rings. The third-order valence-corrected chi connectivity index (χ3v) is 3.57. The van der Waals surface area contributed by atoms with Gasteiger partial charge in [0.15, 0.2) is 11.2 Å². The minimum absolute atomic E-state index is 0.117. The molecule has 7 nitrogen and oxygen atoms in total. The molecule has 0 aliphatic heterocycles. The van der Waals surface area contributed by atoms with Crippen LogP contribution in [0.25, 0.3) is 11.0 Å². The standard InChI is InChI=1S/C17H15N3O4/c1-20-8-4-5-11(20)9-16(22)18-19-17(23)15-10-13(21)12-6-2-3-7-14(12)24-15/h2-8,10H,9H2,1H3,(H,18,22)(H,19,23). The number of amides is 2. The van der Waals surface area contributed by atoms with Gasteiger partial charge in [-0.2, -0.15) is 0 Å². The Morgan fingerprint density at radius 3 is 2.67 bits per heavy atom. The van der Waals surface area contributed by atoms with E-state index in [0.29, 0.717) is 11.0 Å². The first kappa shape index (κ1) is 15.5. The first-order valence-electron chi connectivity index (χ1n) is 7.27. The van der Waals surface area contributed by atoms with Crippen LogP contribution >= 0.6 is 0 Å². The molecule has 3 rings (SSSR count). The van der Waals surface area contributed by atoms with Gasteiger partial charge in [-0.25, -0.2) is 0 Å². The lowest BCUT2D eigenvalue weighted by Crippen LogP contribution is -2.42. The van der Waals surface area contributed by atoms with Gasteiger partial charge in [0.05, 0.1) is 11.8 Å². The van der Waals surface area contributed by atoms with Gasteiger partial charge in [-0.15, -0.1) is 0 Å². The SMILES string of the molecule is Cn1cccc1CC(=O)NNC(=O)c1cc(=O)c2ccccc2o1. The molecule has 2 amide bonds. The highest BCUT2D eigenvalue weighted by molar-refractivity contribution is 5.94. The van der Waals surface area contributed by atoms with Crippen molar-refractivity contribution in [1.29, 1.82) is 0 Å². The number of carbonyl (C=O) groups excluding carboxylic acids is 2. The number of hydrazine groups is 1. The van der Waals surface area contributed by atoms with Crippen LogP contribution in [0.3, 0.4) is 0 Å². The molecule has 0 aliphatic carbocycles. The number of aryl methyl sites for hydroxylation is 1. The molecule has 0 saturated heterocycles. The van der Waals surface area contributed by atoms with Crippen LogP contribution in [0.15, 0.2) is 57.9 Å². The molecule has 0 spiro atoms. The maximum Gasteiger partial charge on any atom is 0.305 e. The van der Waals surface area contributed by atoms with E-state index in [1.165, 1.54) is 0 Å². The fraction of sp³-hybridized carbons (Fsp3) is 0.118. The lowest BCUT2D eigenvalue weighted by molar-refractivity contribution is -0.121. The molecule has 3 aromatic rings. The number of fused-ring (bicyclic) bond motifs is 1. The number of nitrogens with one attached hydrogen (secondary N) is 2. The Balaban J connectivity index is 1.68. The van der Waals surface area contributed by atoms with Crippen LogP contribution < -0.4 is 16.3 Å². The summed E-state index contributed by atoms with van der Waals surface area (Å²) in [6, 6.07) is 11.4. The van der Waals surface area contributed by atoms with E-state index in [-0.39, 0.29) is 23.5 Å². The fourth-order valence-electron chi connectivity index (χ4n) is 2.29. The van der Waals surface area contributed by atoms with Crippen LogP contribution in [-0.2, 0) is 18.3 Å². The number of hydrogen-bond acceptors (Lipinski definition) is 4. The average Bonchev–Trinajstić information content (AvgIpc) is 2.97. The van der Waals surface area contributed by atoms with Gasteiger partial charge < -0.3 is 8.98 Å². The van der Waals surface area contributed by atoms with E-state index in [1.54, 1.807) is 24.3 Å². The molecule has 2 N–H and O–H groups in total. The van der Waals surface area contributed by atoms with Gasteiger partial charge in [0.25, 0.3) is 0 Å². The Hall–Kier alpha value is -3.35. The number of benzene rings is 1. The molecule has 0 unspecified atom stereocenters. The number of hydrogen-bond donors (Lipinski definition) is 2. The van der Waals surface area contributed by atoms with Gasteiger partial charge >= 0.3 is 5.91 Å². The van der Waals surface area contributed by atoms with Crippen molar-refractivity contribution in [2.45, 2.75) is 6.42 Å². The van der Waals surface area contributed by atoms with E-state index in [0.717, 1.165) is 11.8 Å². The van der Waals surface area contributed by atoms with E-state index < -0.39 is 5.91 Å². The second kappa shape index (κ2) is 6.41. The maximum absolute atomic E-state index is 12.1. The highest BCUT2D eigenvalue weighted by Gasteiger charge is 2.13. The first-order valence-corrected chi connectivity index (χ1v) is 7.27. The largest absolute Gasteiger partial charge is 0.451 e. The Morgan fingerprint density at radius 2 is 1.92 bits per heavy atom. The van der Waals surface area contributed by atoms with Crippen molar-refractivity contribution in [2.75, 3.05) is 0 Å². The summed E-state index contributed by atoms with van der Waals surface area (Å²) in [4.78, 5) is 35.9. The van der Waals surface area contributed by atoms with Gasteiger partial charge in [0.1, 0.15) is 5.58 Å². The van der Waals surface area contributed by atoms with Crippen molar-refractivity contribution in [3.63, 3.8) is 0 Å². The van der Waals surface area contributed by atoms with E-state index >= 15 is 0 Å². The average molecular weight is 325 g/mol. The summed E-state index contributed by atoms with van der Waals surface area (Å²) in [5, 5.41) is 0.391. The van der Waals surface area contributed by atoms with E-state index in [9.17, 15) is 14.4 Å². The van der Waals surface area contributed by atoms with Gasteiger partial charge in [-0.05, 0) is 24.3 Å². The molecule has 0 radical (unpaired) electrons.